The molecule has 0 aromatic rings. The lowest BCUT2D eigenvalue weighted by Crippen LogP contribution is -2.35. The quantitative estimate of drug-likeness (QED) is 0.710. The van der Waals surface area contributed by atoms with Crippen molar-refractivity contribution >= 4 is 5.91 Å². The molecular formula is C13H20N2O. The third-order valence-corrected chi connectivity index (χ3v) is 5.54. The van der Waals surface area contributed by atoms with Crippen LogP contribution < -0.4 is 5.32 Å². The van der Waals surface area contributed by atoms with Crippen LogP contribution in [0.15, 0.2) is 0 Å². The molecule has 4 aliphatic rings. The first-order chi connectivity index (χ1) is 7.78. The summed E-state index contributed by atoms with van der Waals surface area (Å²) in [6.07, 6.45) is 5.21. The van der Waals surface area contributed by atoms with Gasteiger partial charge in [-0.2, -0.15) is 0 Å². The zero-order chi connectivity index (χ0) is 10.8. The predicted octanol–water partition coefficient (Wildman–Crippen LogP) is 0.854. The second-order valence-corrected chi connectivity index (χ2v) is 6.39. The van der Waals surface area contributed by atoms with Gasteiger partial charge in [0.05, 0.1) is 0 Å². The summed E-state index contributed by atoms with van der Waals surface area (Å²) in [6, 6.07) is 0. The zero-order valence-electron chi connectivity index (χ0n) is 9.74. The molecule has 3 atom stereocenters. The maximum Gasteiger partial charge on any atom is 0.226 e. The first-order valence-corrected chi connectivity index (χ1v) is 6.78. The van der Waals surface area contributed by atoms with Crippen molar-refractivity contribution in [2.45, 2.75) is 25.7 Å². The molecule has 0 aromatic heterocycles. The van der Waals surface area contributed by atoms with Crippen molar-refractivity contribution in [2.75, 3.05) is 26.2 Å². The van der Waals surface area contributed by atoms with Crippen LogP contribution in [0.1, 0.15) is 25.7 Å². The number of fused-ring (bicyclic) bond motifs is 1. The van der Waals surface area contributed by atoms with E-state index in [1.54, 1.807) is 0 Å². The van der Waals surface area contributed by atoms with E-state index in [1.807, 2.05) is 0 Å². The molecule has 1 spiro atoms. The van der Waals surface area contributed by atoms with Gasteiger partial charge in [-0.3, -0.25) is 4.79 Å². The van der Waals surface area contributed by atoms with Crippen LogP contribution in [0.4, 0.5) is 0 Å². The Balaban J connectivity index is 1.42. The van der Waals surface area contributed by atoms with Crippen molar-refractivity contribution < 1.29 is 4.79 Å². The Morgan fingerprint density at radius 3 is 2.38 bits per heavy atom. The van der Waals surface area contributed by atoms with Crippen molar-refractivity contribution in [3.8, 4) is 0 Å². The summed E-state index contributed by atoms with van der Waals surface area (Å²) in [6.45, 7) is 4.32. The van der Waals surface area contributed by atoms with Crippen molar-refractivity contribution in [3.05, 3.63) is 0 Å². The van der Waals surface area contributed by atoms with Crippen LogP contribution in [0.2, 0.25) is 0 Å². The molecule has 3 heteroatoms. The molecule has 88 valence electrons. The molecule has 0 radical (unpaired) electrons. The molecule has 0 bridgehead atoms. The first-order valence-electron chi connectivity index (χ1n) is 6.78. The number of nitrogens with one attached hydrogen (secondary N) is 1. The Kier molecular flexibility index (Phi) is 1.78. The lowest BCUT2D eigenvalue weighted by Gasteiger charge is -2.28. The molecule has 4 fully saturated rings. The Hall–Kier alpha value is -0.570. The van der Waals surface area contributed by atoms with Gasteiger partial charge < -0.3 is 10.2 Å². The lowest BCUT2D eigenvalue weighted by atomic mass is 9.79. The fraction of sp³-hybridized carbons (Fsp3) is 0.923. The van der Waals surface area contributed by atoms with Crippen LogP contribution in [0.3, 0.4) is 0 Å². The number of likely N-dealkylation sites (tertiary alicyclic amines) is 1. The number of hydrogen-bond acceptors (Lipinski definition) is 2. The first kappa shape index (κ1) is 9.46. The van der Waals surface area contributed by atoms with Gasteiger partial charge in [-0.25, -0.2) is 0 Å². The third-order valence-electron chi connectivity index (χ3n) is 5.54. The van der Waals surface area contributed by atoms with Crippen molar-refractivity contribution in [2.24, 2.45) is 23.2 Å². The van der Waals surface area contributed by atoms with E-state index in [0.29, 0.717) is 17.2 Å². The monoisotopic (exact) mass is 220 g/mol. The van der Waals surface area contributed by atoms with Crippen LogP contribution in [-0.2, 0) is 4.79 Å². The van der Waals surface area contributed by atoms with E-state index in [2.05, 4.69) is 10.2 Å². The zero-order valence-corrected chi connectivity index (χ0v) is 9.74. The van der Waals surface area contributed by atoms with Crippen LogP contribution in [-0.4, -0.2) is 37.0 Å². The van der Waals surface area contributed by atoms with E-state index < -0.39 is 0 Å². The number of nitrogens with zero attached hydrogens (tertiary/aromatic N) is 1. The van der Waals surface area contributed by atoms with Gasteiger partial charge in [0.15, 0.2) is 0 Å². The normalized spacial score (nSPS) is 43.2. The highest BCUT2D eigenvalue weighted by Gasteiger charge is 2.62. The van der Waals surface area contributed by atoms with Crippen molar-refractivity contribution in [3.63, 3.8) is 0 Å². The molecule has 16 heavy (non-hydrogen) atoms. The molecule has 1 amide bonds. The van der Waals surface area contributed by atoms with Crippen molar-refractivity contribution in [1.29, 1.82) is 0 Å². The van der Waals surface area contributed by atoms with E-state index >= 15 is 0 Å². The molecule has 4 rings (SSSR count). The number of carbonyl (C=O) groups excluding carboxylic acids is 1. The van der Waals surface area contributed by atoms with Gasteiger partial charge in [0.1, 0.15) is 0 Å². The van der Waals surface area contributed by atoms with Gasteiger partial charge in [0.2, 0.25) is 5.91 Å². The standard InChI is InChI=1S/C13H20N2O/c16-12(11-4-13(11)2-1-3-13)15-7-9-5-14-6-10(9)8-15/h9-11,14H,1-8H2. The number of carbonyl (C=O) groups is 1. The van der Waals surface area contributed by atoms with Gasteiger partial charge >= 0.3 is 0 Å². The third kappa shape index (κ3) is 1.15. The van der Waals surface area contributed by atoms with Gasteiger partial charge in [-0.15, -0.1) is 0 Å². The topological polar surface area (TPSA) is 32.3 Å². The SMILES string of the molecule is O=C(C1CC12CCC2)N1CC2CNCC2C1. The minimum Gasteiger partial charge on any atom is -0.342 e. The minimum atomic E-state index is 0.424. The maximum absolute atomic E-state index is 12.4. The van der Waals surface area contributed by atoms with E-state index in [0.717, 1.165) is 38.0 Å². The second-order valence-electron chi connectivity index (χ2n) is 6.39. The fourth-order valence-corrected chi connectivity index (χ4v) is 4.14. The Labute approximate surface area is 96.6 Å². The van der Waals surface area contributed by atoms with E-state index in [4.69, 9.17) is 0 Å². The molecule has 1 N–H and O–H groups in total. The summed E-state index contributed by atoms with van der Waals surface area (Å²) in [7, 11) is 0. The molecule has 3 unspecified atom stereocenters. The summed E-state index contributed by atoms with van der Waals surface area (Å²) in [4.78, 5) is 14.5. The molecule has 2 saturated carbocycles. The fourth-order valence-electron chi connectivity index (χ4n) is 4.14. The van der Waals surface area contributed by atoms with E-state index in [1.165, 1.54) is 25.7 Å². The van der Waals surface area contributed by atoms with Crippen LogP contribution >= 0.6 is 0 Å². The summed E-state index contributed by atoms with van der Waals surface area (Å²) in [5, 5.41) is 3.43. The average Bonchev–Trinajstić information content (AvgIpc) is 2.64. The van der Waals surface area contributed by atoms with E-state index in [9.17, 15) is 4.79 Å². The van der Waals surface area contributed by atoms with Gasteiger partial charge in [0, 0.05) is 32.1 Å². The van der Waals surface area contributed by atoms with Gasteiger partial charge in [-0.1, -0.05) is 6.42 Å². The van der Waals surface area contributed by atoms with Crippen molar-refractivity contribution in [1.82, 2.24) is 10.2 Å². The molecule has 2 heterocycles. The summed E-state index contributed by atoms with van der Waals surface area (Å²) >= 11 is 0. The maximum atomic E-state index is 12.4. The Morgan fingerprint density at radius 1 is 1.19 bits per heavy atom. The molecule has 2 aliphatic heterocycles. The molecule has 3 nitrogen and oxygen atoms in total. The second kappa shape index (κ2) is 3.00. The Bertz CT molecular complexity index is 325. The molecule has 2 saturated heterocycles. The Morgan fingerprint density at radius 2 is 1.88 bits per heavy atom. The van der Waals surface area contributed by atoms with Crippen LogP contribution in [0, 0.1) is 23.2 Å². The molecule has 2 aliphatic carbocycles. The van der Waals surface area contributed by atoms with Gasteiger partial charge in [-0.05, 0) is 36.5 Å². The molecular weight excluding hydrogens is 200 g/mol. The highest BCUT2D eigenvalue weighted by atomic mass is 16.2. The van der Waals surface area contributed by atoms with Crippen LogP contribution in [0.5, 0.6) is 0 Å². The van der Waals surface area contributed by atoms with Gasteiger partial charge in [0.25, 0.3) is 0 Å². The number of hydrogen-bond donors (Lipinski definition) is 1. The summed E-state index contributed by atoms with van der Waals surface area (Å²) in [5.74, 6) is 2.42. The predicted molar refractivity (Wildman–Crippen MR) is 60.8 cm³/mol. The summed E-state index contributed by atoms with van der Waals surface area (Å²) in [5.41, 5.74) is 0.507. The lowest BCUT2D eigenvalue weighted by molar-refractivity contribution is -0.133. The largest absolute Gasteiger partial charge is 0.342 e. The number of amides is 1. The smallest absolute Gasteiger partial charge is 0.226 e. The minimum absolute atomic E-state index is 0.424. The highest BCUT2D eigenvalue weighted by Crippen LogP contribution is 2.66. The average molecular weight is 220 g/mol. The summed E-state index contributed by atoms with van der Waals surface area (Å²) < 4.78 is 0. The molecule has 0 aromatic carbocycles. The highest BCUT2D eigenvalue weighted by molar-refractivity contribution is 5.83. The van der Waals surface area contributed by atoms with Crippen LogP contribution in [0.25, 0.3) is 0 Å². The van der Waals surface area contributed by atoms with E-state index in [-0.39, 0.29) is 0 Å². The number of rotatable bonds is 1.